The van der Waals surface area contributed by atoms with Crippen LogP contribution in [0.2, 0.25) is 0 Å². The molecule has 4 aromatic heterocycles. The Morgan fingerprint density at radius 3 is 1.70 bits per heavy atom. The molecule has 9 aromatic carbocycles. The monoisotopic (exact) mass is 904 g/mol. The van der Waals surface area contributed by atoms with Gasteiger partial charge in [-0.1, -0.05) is 155 Å². The van der Waals surface area contributed by atoms with Crippen LogP contribution in [0.5, 0.6) is 0 Å². The maximum atomic E-state index is 6.88. The highest BCUT2D eigenvalue weighted by Crippen LogP contribution is 2.51. The van der Waals surface area contributed by atoms with E-state index in [2.05, 4.69) is 213 Å². The largest absolute Gasteiger partial charge is 0.454 e. The van der Waals surface area contributed by atoms with Crippen LogP contribution in [0.1, 0.15) is 57.2 Å². The third-order valence-corrected chi connectivity index (χ3v) is 15.0. The lowest BCUT2D eigenvalue weighted by Crippen LogP contribution is -2.31. The van der Waals surface area contributed by atoms with Gasteiger partial charge >= 0.3 is 0 Å². The van der Waals surface area contributed by atoms with Crippen molar-refractivity contribution in [2.45, 2.75) is 46.1 Å². The van der Waals surface area contributed by atoms with Crippen molar-refractivity contribution in [3.05, 3.63) is 204 Å². The fourth-order valence-electron chi connectivity index (χ4n) is 11.7. The first-order chi connectivity index (χ1) is 34.4. The standard InChI is InChI=1S/C64H48N4O2/c1-37(2)49-35-55(67(59-33-27-39-15-5-9-21-51(39)65-59)53-23-13-19-45-41-17-7-11-25-57(41)69-63(45)53)47-32-30-44-50(38(3)4)36-56(48-31-29-43(49)61(47)62(44)48)68(60-34-28-40-16-6-10-22-52(40)66-60)54-24-14-20-46-42-18-8-12-26-58(42)70-64(46)54/h5-35,37-38,56H,36H2,1-4H3. The van der Waals surface area contributed by atoms with Gasteiger partial charge < -0.3 is 13.7 Å². The van der Waals surface area contributed by atoms with Gasteiger partial charge in [0, 0.05) is 37.7 Å². The molecule has 0 amide bonds. The molecule has 4 heterocycles. The van der Waals surface area contributed by atoms with Crippen LogP contribution in [-0.4, -0.2) is 9.97 Å². The summed E-state index contributed by atoms with van der Waals surface area (Å²) in [5.41, 5.74) is 12.3. The van der Waals surface area contributed by atoms with Crippen LogP contribution in [0.15, 0.2) is 197 Å². The van der Waals surface area contributed by atoms with E-state index in [1.54, 1.807) is 0 Å². The fourth-order valence-corrected chi connectivity index (χ4v) is 11.7. The normalized spacial score (nSPS) is 14.0. The molecule has 0 saturated carbocycles. The minimum atomic E-state index is -0.124. The van der Waals surface area contributed by atoms with E-state index < -0.39 is 0 Å². The average molecular weight is 905 g/mol. The number of fused-ring (bicyclic) bond motifs is 8. The van der Waals surface area contributed by atoms with Crippen LogP contribution in [0, 0.1) is 5.92 Å². The minimum Gasteiger partial charge on any atom is -0.454 e. The number of nitrogens with zero attached hydrogens (tertiary/aromatic N) is 4. The molecule has 14 rings (SSSR count). The average Bonchev–Trinajstić information content (AvgIpc) is 3.98. The molecular weight excluding hydrogens is 857 g/mol. The Hall–Kier alpha value is -8.48. The Balaban J connectivity index is 1.08. The Bertz CT molecular complexity index is 4330. The van der Waals surface area contributed by atoms with Crippen molar-refractivity contribution in [3.63, 3.8) is 0 Å². The van der Waals surface area contributed by atoms with Crippen molar-refractivity contribution in [1.29, 1.82) is 0 Å². The molecule has 0 N–H and O–H groups in total. The summed E-state index contributed by atoms with van der Waals surface area (Å²) in [6.07, 6.45) is 0.814. The molecule has 13 aromatic rings. The molecule has 0 bridgehead atoms. The van der Waals surface area contributed by atoms with Crippen molar-refractivity contribution in [2.75, 3.05) is 9.80 Å². The first-order valence-corrected chi connectivity index (χ1v) is 24.5. The molecule has 1 atom stereocenters. The number of hydrogen-bond donors (Lipinski definition) is 0. The van der Waals surface area contributed by atoms with Gasteiger partial charge in [-0.05, 0) is 117 Å². The number of benzene rings is 9. The molecule has 6 heteroatoms. The Labute approximate surface area is 404 Å². The second-order valence-electron chi connectivity index (χ2n) is 19.6. The van der Waals surface area contributed by atoms with Gasteiger partial charge in [-0.15, -0.1) is 0 Å². The SMILES string of the molecule is CC(C)C1=c2ccc3c(N(c4ccc5ccccc5n4)c4cccc5c4oc4ccccc45)cc(C(C)C)c4ccc(c2c43)C(N(c2ccc3ccccc3n2)c2cccc3c2oc2ccccc23)C1. The minimum absolute atomic E-state index is 0.124. The Morgan fingerprint density at radius 2 is 1.03 bits per heavy atom. The molecule has 0 aliphatic heterocycles. The van der Waals surface area contributed by atoms with Gasteiger partial charge in [-0.25, -0.2) is 9.97 Å². The molecule has 0 spiro atoms. The zero-order valence-corrected chi connectivity index (χ0v) is 39.4. The third-order valence-electron chi connectivity index (χ3n) is 15.0. The number of furan rings is 2. The van der Waals surface area contributed by atoms with Gasteiger partial charge in [0.05, 0.1) is 34.1 Å². The Kier molecular flexibility index (Phi) is 9.00. The number of para-hydroxylation sites is 6. The lowest BCUT2D eigenvalue weighted by atomic mass is 9.78. The van der Waals surface area contributed by atoms with Gasteiger partial charge in [0.15, 0.2) is 11.2 Å². The van der Waals surface area contributed by atoms with Crippen LogP contribution < -0.4 is 15.0 Å². The number of pyridine rings is 2. The summed E-state index contributed by atoms with van der Waals surface area (Å²) in [4.78, 5) is 15.8. The Morgan fingerprint density at radius 1 is 0.457 bits per heavy atom. The molecule has 1 aliphatic rings. The first-order valence-electron chi connectivity index (χ1n) is 24.5. The summed E-state index contributed by atoms with van der Waals surface area (Å²) in [5, 5.41) is 12.8. The summed E-state index contributed by atoms with van der Waals surface area (Å²) < 4.78 is 13.7. The quantitative estimate of drug-likeness (QED) is 0.151. The maximum Gasteiger partial charge on any atom is 0.159 e. The highest BCUT2D eigenvalue weighted by atomic mass is 16.3. The zero-order chi connectivity index (χ0) is 46.8. The number of hydrogen-bond acceptors (Lipinski definition) is 6. The van der Waals surface area contributed by atoms with Gasteiger partial charge in [0.1, 0.15) is 22.8 Å². The van der Waals surface area contributed by atoms with Gasteiger partial charge in [0.25, 0.3) is 0 Å². The summed E-state index contributed by atoms with van der Waals surface area (Å²) in [5.74, 6) is 2.19. The molecular formula is C64H48N4O2. The lowest BCUT2D eigenvalue weighted by Gasteiger charge is -2.38. The van der Waals surface area contributed by atoms with E-state index in [0.717, 1.165) is 106 Å². The number of anilines is 5. The first kappa shape index (κ1) is 40.6. The van der Waals surface area contributed by atoms with Crippen molar-refractivity contribution in [2.24, 2.45) is 5.92 Å². The number of aromatic nitrogens is 2. The van der Waals surface area contributed by atoms with E-state index in [1.165, 1.54) is 38.1 Å². The van der Waals surface area contributed by atoms with Crippen LogP contribution >= 0.6 is 0 Å². The van der Waals surface area contributed by atoms with E-state index in [0.29, 0.717) is 0 Å². The van der Waals surface area contributed by atoms with Crippen molar-refractivity contribution < 1.29 is 8.83 Å². The molecule has 1 aliphatic carbocycles. The molecule has 0 fully saturated rings. The van der Waals surface area contributed by atoms with Crippen LogP contribution in [-0.2, 0) is 0 Å². The molecule has 336 valence electrons. The summed E-state index contributed by atoms with van der Waals surface area (Å²) >= 11 is 0. The molecule has 70 heavy (non-hydrogen) atoms. The van der Waals surface area contributed by atoms with Crippen molar-refractivity contribution >= 4 is 121 Å². The summed E-state index contributed by atoms with van der Waals surface area (Å²) in [6, 6.07) is 67.2. The second-order valence-corrected chi connectivity index (χ2v) is 19.6. The maximum absolute atomic E-state index is 6.88. The van der Waals surface area contributed by atoms with Crippen LogP contribution in [0.25, 0.3) is 92.8 Å². The highest BCUT2D eigenvalue weighted by Gasteiger charge is 2.35. The smallest absolute Gasteiger partial charge is 0.159 e. The van der Waals surface area contributed by atoms with Crippen LogP contribution in [0.3, 0.4) is 0 Å². The van der Waals surface area contributed by atoms with E-state index in [4.69, 9.17) is 18.8 Å². The van der Waals surface area contributed by atoms with Crippen molar-refractivity contribution in [3.8, 4) is 0 Å². The molecule has 0 saturated heterocycles. The third kappa shape index (κ3) is 6.05. The van der Waals surface area contributed by atoms with Crippen LogP contribution in [0.4, 0.5) is 28.7 Å². The predicted molar refractivity (Wildman–Crippen MR) is 291 cm³/mol. The molecule has 6 nitrogen and oxygen atoms in total. The zero-order valence-electron chi connectivity index (χ0n) is 39.4. The fraction of sp³-hybridized carbons (Fsp3) is 0.125. The lowest BCUT2D eigenvalue weighted by molar-refractivity contribution is 0.646. The predicted octanol–water partition coefficient (Wildman–Crippen LogP) is 17.3. The molecule has 1 unspecified atom stereocenters. The van der Waals surface area contributed by atoms with E-state index in [1.807, 2.05) is 12.1 Å². The van der Waals surface area contributed by atoms with Gasteiger partial charge in [-0.2, -0.15) is 0 Å². The summed E-state index contributed by atoms with van der Waals surface area (Å²) in [7, 11) is 0. The summed E-state index contributed by atoms with van der Waals surface area (Å²) in [6.45, 7) is 9.34. The van der Waals surface area contributed by atoms with Gasteiger partial charge in [0.2, 0.25) is 0 Å². The van der Waals surface area contributed by atoms with Crippen molar-refractivity contribution in [1.82, 2.24) is 9.97 Å². The highest BCUT2D eigenvalue weighted by molar-refractivity contribution is 6.20. The second kappa shape index (κ2) is 15.5. The van der Waals surface area contributed by atoms with E-state index in [9.17, 15) is 0 Å². The topological polar surface area (TPSA) is 58.5 Å². The van der Waals surface area contributed by atoms with Gasteiger partial charge in [-0.3, -0.25) is 4.90 Å². The van der Waals surface area contributed by atoms with E-state index in [-0.39, 0.29) is 17.9 Å². The number of rotatable bonds is 8. The van der Waals surface area contributed by atoms with E-state index >= 15 is 0 Å². The molecule has 0 radical (unpaired) electrons.